The second-order valence-electron chi connectivity index (χ2n) is 6.49. The van der Waals surface area contributed by atoms with Gasteiger partial charge in [-0.1, -0.05) is 31.5 Å². The highest BCUT2D eigenvalue weighted by atomic mass is 35.5. The summed E-state index contributed by atoms with van der Waals surface area (Å²) in [5.41, 5.74) is 7.19. The normalized spacial score (nSPS) is 18.9. The summed E-state index contributed by atoms with van der Waals surface area (Å²) in [5, 5.41) is 4.17. The molecule has 1 aliphatic rings. The van der Waals surface area contributed by atoms with Crippen molar-refractivity contribution in [2.45, 2.75) is 52.1 Å². The van der Waals surface area contributed by atoms with Crippen LogP contribution in [0.5, 0.6) is 0 Å². The van der Waals surface area contributed by atoms with Crippen molar-refractivity contribution in [3.05, 3.63) is 34.3 Å². The van der Waals surface area contributed by atoms with E-state index in [1.165, 1.54) is 25.7 Å². The van der Waals surface area contributed by atoms with Crippen LogP contribution in [0.3, 0.4) is 0 Å². The molecule has 1 fully saturated rings. The molecule has 20 heavy (non-hydrogen) atoms. The molecule has 0 radical (unpaired) electrons. The highest BCUT2D eigenvalue weighted by molar-refractivity contribution is 6.31. The number of nitrogens with two attached hydrogens (primary N) is 1. The highest BCUT2D eigenvalue weighted by Gasteiger charge is 2.26. The predicted octanol–water partition coefficient (Wildman–Crippen LogP) is 3.50. The van der Waals surface area contributed by atoms with Crippen LogP contribution in [0.2, 0.25) is 5.02 Å². The fourth-order valence-electron chi connectivity index (χ4n) is 2.70. The number of nitrogens with one attached hydrogen (secondary N) is 1. The summed E-state index contributed by atoms with van der Waals surface area (Å²) in [6.07, 6.45) is 4.95. The quantitative estimate of drug-likeness (QED) is 0.893. The Morgan fingerprint density at radius 3 is 2.60 bits per heavy atom. The van der Waals surface area contributed by atoms with E-state index in [1.54, 1.807) is 12.1 Å². The largest absolute Gasteiger partial charge is 0.366 e. The molecule has 0 unspecified atom stereocenters. The molecular formula is C16H23ClN2O. The standard InChI is InChI=1S/C16H23ClN2O/c1-16(2)7-5-13(6-8-16)19-10-12-4-3-11(15(18)20)9-14(12)17/h3-4,9,13,19H,5-8,10H2,1-2H3,(H2,18,20). The Morgan fingerprint density at radius 1 is 1.40 bits per heavy atom. The molecule has 2 rings (SSSR count). The zero-order chi connectivity index (χ0) is 14.8. The Labute approximate surface area is 125 Å². The maximum Gasteiger partial charge on any atom is 0.248 e. The molecule has 0 atom stereocenters. The number of halogens is 1. The average molecular weight is 295 g/mol. The first-order valence-corrected chi connectivity index (χ1v) is 7.57. The zero-order valence-electron chi connectivity index (χ0n) is 12.2. The summed E-state index contributed by atoms with van der Waals surface area (Å²) in [6.45, 7) is 5.41. The Hall–Kier alpha value is -1.06. The van der Waals surface area contributed by atoms with Crippen molar-refractivity contribution in [1.82, 2.24) is 5.32 Å². The third-order valence-corrected chi connectivity index (χ3v) is 4.61. The lowest BCUT2D eigenvalue weighted by Gasteiger charge is -2.34. The zero-order valence-corrected chi connectivity index (χ0v) is 13.0. The summed E-state index contributed by atoms with van der Waals surface area (Å²) in [5.74, 6) is -0.444. The van der Waals surface area contributed by atoms with Gasteiger partial charge in [0, 0.05) is 23.2 Å². The summed E-state index contributed by atoms with van der Waals surface area (Å²) < 4.78 is 0. The van der Waals surface area contributed by atoms with Gasteiger partial charge in [-0.25, -0.2) is 0 Å². The smallest absolute Gasteiger partial charge is 0.248 e. The van der Waals surface area contributed by atoms with Crippen LogP contribution in [0.15, 0.2) is 18.2 Å². The van der Waals surface area contributed by atoms with Crippen molar-refractivity contribution < 1.29 is 4.79 Å². The van der Waals surface area contributed by atoms with E-state index in [1.807, 2.05) is 6.07 Å². The van der Waals surface area contributed by atoms with Gasteiger partial charge in [0.15, 0.2) is 0 Å². The van der Waals surface area contributed by atoms with E-state index in [0.29, 0.717) is 22.0 Å². The minimum atomic E-state index is -0.444. The molecule has 0 heterocycles. The molecule has 1 saturated carbocycles. The van der Waals surface area contributed by atoms with Gasteiger partial charge in [0.2, 0.25) is 5.91 Å². The molecule has 3 nitrogen and oxygen atoms in total. The average Bonchev–Trinajstić information content (AvgIpc) is 2.38. The van der Waals surface area contributed by atoms with Crippen LogP contribution < -0.4 is 11.1 Å². The third kappa shape index (κ3) is 3.97. The Morgan fingerprint density at radius 2 is 2.05 bits per heavy atom. The summed E-state index contributed by atoms with van der Waals surface area (Å²) in [4.78, 5) is 11.1. The first-order valence-electron chi connectivity index (χ1n) is 7.19. The number of rotatable bonds is 4. The molecule has 0 spiro atoms. The van der Waals surface area contributed by atoms with Gasteiger partial charge in [-0.2, -0.15) is 0 Å². The molecule has 1 amide bonds. The highest BCUT2D eigenvalue weighted by Crippen LogP contribution is 2.35. The second-order valence-corrected chi connectivity index (χ2v) is 6.90. The third-order valence-electron chi connectivity index (χ3n) is 4.26. The fourth-order valence-corrected chi connectivity index (χ4v) is 2.95. The van der Waals surface area contributed by atoms with E-state index in [4.69, 9.17) is 17.3 Å². The molecular weight excluding hydrogens is 272 g/mol. The number of primary amides is 1. The lowest BCUT2D eigenvalue weighted by Crippen LogP contribution is -2.35. The van der Waals surface area contributed by atoms with Crippen LogP contribution in [0.1, 0.15) is 55.5 Å². The number of carbonyl (C=O) groups excluding carboxylic acids is 1. The van der Waals surface area contributed by atoms with Crippen LogP contribution >= 0.6 is 11.6 Å². The van der Waals surface area contributed by atoms with Gasteiger partial charge in [-0.15, -0.1) is 0 Å². The lowest BCUT2D eigenvalue weighted by molar-refractivity contribution is 0.100. The summed E-state index contributed by atoms with van der Waals surface area (Å²) >= 11 is 6.19. The number of hydrogen-bond donors (Lipinski definition) is 2. The van der Waals surface area contributed by atoms with Crippen LogP contribution in [0.4, 0.5) is 0 Å². The Kier molecular flexibility index (Phi) is 4.71. The van der Waals surface area contributed by atoms with Gasteiger partial charge >= 0.3 is 0 Å². The van der Waals surface area contributed by atoms with Gasteiger partial charge in [-0.3, -0.25) is 4.79 Å². The molecule has 0 aliphatic heterocycles. The van der Waals surface area contributed by atoms with Crippen molar-refractivity contribution in [3.63, 3.8) is 0 Å². The first kappa shape index (κ1) is 15.3. The van der Waals surface area contributed by atoms with Gasteiger partial charge in [0.1, 0.15) is 0 Å². The van der Waals surface area contributed by atoms with Gasteiger partial charge < -0.3 is 11.1 Å². The molecule has 0 aromatic heterocycles. The molecule has 110 valence electrons. The van der Waals surface area contributed by atoms with Crippen molar-refractivity contribution >= 4 is 17.5 Å². The Bertz CT molecular complexity index is 489. The van der Waals surface area contributed by atoms with E-state index in [9.17, 15) is 4.79 Å². The molecule has 1 aliphatic carbocycles. The van der Waals surface area contributed by atoms with Gasteiger partial charge in [-0.05, 0) is 48.8 Å². The van der Waals surface area contributed by atoms with Crippen LogP contribution in [0.25, 0.3) is 0 Å². The van der Waals surface area contributed by atoms with E-state index < -0.39 is 5.91 Å². The van der Waals surface area contributed by atoms with Crippen molar-refractivity contribution in [1.29, 1.82) is 0 Å². The Balaban J connectivity index is 1.90. The maximum absolute atomic E-state index is 11.1. The van der Waals surface area contributed by atoms with Gasteiger partial charge in [0.25, 0.3) is 0 Å². The molecule has 3 N–H and O–H groups in total. The topological polar surface area (TPSA) is 55.1 Å². The minimum Gasteiger partial charge on any atom is -0.366 e. The van der Waals surface area contributed by atoms with E-state index in [0.717, 1.165) is 12.1 Å². The van der Waals surface area contributed by atoms with Crippen molar-refractivity contribution in [2.75, 3.05) is 0 Å². The number of amides is 1. The molecule has 1 aromatic rings. The van der Waals surface area contributed by atoms with E-state index in [2.05, 4.69) is 19.2 Å². The number of hydrogen-bond acceptors (Lipinski definition) is 2. The minimum absolute atomic E-state index is 0.444. The summed E-state index contributed by atoms with van der Waals surface area (Å²) in [6, 6.07) is 5.82. The SMILES string of the molecule is CC1(C)CCC(NCc2ccc(C(N)=O)cc2Cl)CC1. The monoisotopic (exact) mass is 294 g/mol. The van der Waals surface area contributed by atoms with Crippen LogP contribution in [-0.2, 0) is 6.54 Å². The maximum atomic E-state index is 11.1. The van der Waals surface area contributed by atoms with E-state index in [-0.39, 0.29) is 0 Å². The van der Waals surface area contributed by atoms with Gasteiger partial charge in [0.05, 0.1) is 0 Å². The van der Waals surface area contributed by atoms with Crippen molar-refractivity contribution in [2.24, 2.45) is 11.1 Å². The second kappa shape index (κ2) is 6.15. The number of carbonyl (C=O) groups is 1. The van der Waals surface area contributed by atoms with Crippen LogP contribution in [-0.4, -0.2) is 11.9 Å². The van der Waals surface area contributed by atoms with Crippen LogP contribution in [0, 0.1) is 5.41 Å². The molecule has 0 bridgehead atoms. The first-order chi connectivity index (χ1) is 9.37. The summed E-state index contributed by atoms with van der Waals surface area (Å²) in [7, 11) is 0. The molecule has 4 heteroatoms. The molecule has 0 saturated heterocycles. The lowest BCUT2D eigenvalue weighted by atomic mass is 9.75. The number of benzene rings is 1. The predicted molar refractivity (Wildman–Crippen MR) is 82.8 cm³/mol. The van der Waals surface area contributed by atoms with Crippen molar-refractivity contribution in [3.8, 4) is 0 Å². The molecule has 1 aromatic carbocycles. The fraction of sp³-hybridized carbons (Fsp3) is 0.562. The van der Waals surface area contributed by atoms with E-state index >= 15 is 0 Å².